The lowest BCUT2D eigenvalue weighted by molar-refractivity contribution is -0.132. The normalized spacial score (nSPS) is 13.9. The Hall–Kier alpha value is -1.58. The molecule has 0 bridgehead atoms. The van der Waals surface area contributed by atoms with E-state index in [0.29, 0.717) is 11.8 Å². The molecule has 28 heavy (non-hydrogen) atoms. The third-order valence-electron chi connectivity index (χ3n) is 5.20. The van der Waals surface area contributed by atoms with E-state index in [1.165, 1.54) is 89.2 Å². The van der Waals surface area contributed by atoms with Crippen molar-refractivity contribution in [2.75, 3.05) is 0 Å². The van der Waals surface area contributed by atoms with Crippen molar-refractivity contribution in [1.82, 2.24) is 0 Å². The Morgan fingerprint density at radius 3 is 1.07 bits per heavy atom. The number of aliphatic carboxylic acids is 2. The molecule has 0 saturated carbocycles. The molecule has 162 valence electrons. The Morgan fingerprint density at radius 2 is 0.821 bits per heavy atom. The molecule has 0 saturated heterocycles. The summed E-state index contributed by atoms with van der Waals surface area (Å²) in [6.45, 7) is 4.16. The lowest BCUT2D eigenvalue weighted by Gasteiger charge is -2.06. The number of hydrogen-bond donors (Lipinski definition) is 2. The van der Waals surface area contributed by atoms with Crippen LogP contribution in [0.4, 0.5) is 0 Å². The molecule has 0 aliphatic carbocycles. The molecule has 4 heteroatoms. The third-order valence-corrected chi connectivity index (χ3v) is 5.20. The van der Waals surface area contributed by atoms with Gasteiger partial charge in [-0.2, -0.15) is 0 Å². The summed E-state index contributed by atoms with van der Waals surface area (Å²) in [5.74, 6) is -0.986. The minimum Gasteiger partial charge on any atom is -0.478 e. The van der Waals surface area contributed by atoms with E-state index in [9.17, 15) is 9.59 Å². The first-order valence-corrected chi connectivity index (χ1v) is 11.2. The second kappa shape index (κ2) is 18.8. The van der Waals surface area contributed by atoms with Gasteiger partial charge < -0.3 is 10.2 Å². The predicted octanol–water partition coefficient (Wildman–Crippen LogP) is 7.00. The number of unbranched alkanes of at least 4 members (excludes halogenated alkanes) is 11. The van der Waals surface area contributed by atoms with Crippen LogP contribution in [0.2, 0.25) is 0 Å². The summed E-state index contributed by atoms with van der Waals surface area (Å²) in [6, 6.07) is 0. The number of allylic oxidation sites excluding steroid dienone is 2. The number of carboxylic acids is 2. The van der Waals surface area contributed by atoms with Gasteiger partial charge in [0, 0.05) is 12.2 Å². The maximum absolute atomic E-state index is 10.5. The Bertz CT molecular complexity index is 412. The molecule has 0 aliphatic rings. The molecule has 0 aromatic carbocycles. The van der Waals surface area contributed by atoms with E-state index >= 15 is 0 Å². The molecular formula is C24H42O4. The van der Waals surface area contributed by atoms with E-state index in [4.69, 9.17) is 10.2 Å². The van der Waals surface area contributed by atoms with Gasteiger partial charge in [0.05, 0.1) is 0 Å². The molecule has 0 aromatic heterocycles. The summed E-state index contributed by atoms with van der Waals surface area (Å²) in [7, 11) is 0. The van der Waals surface area contributed by atoms with Crippen molar-refractivity contribution in [3.63, 3.8) is 0 Å². The predicted molar refractivity (Wildman–Crippen MR) is 117 cm³/mol. The molecule has 4 nitrogen and oxygen atoms in total. The van der Waals surface area contributed by atoms with Gasteiger partial charge in [0.2, 0.25) is 0 Å². The molecule has 0 amide bonds. The first kappa shape index (κ1) is 26.4. The highest BCUT2D eigenvalue weighted by Crippen LogP contribution is 2.16. The van der Waals surface area contributed by atoms with Gasteiger partial charge in [-0.15, -0.1) is 0 Å². The van der Waals surface area contributed by atoms with Crippen molar-refractivity contribution >= 4 is 11.9 Å². The summed E-state index contributed by atoms with van der Waals surface area (Å²) in [4.78, 5) is 20.9. The van der Waals surface area contributed by atoms with Crippen LogP contribution < -0.4 is 0 Å². The standard InChI is InChI=1S/C24H42O4/c1-21(17-19-23(25)26)15-13-11-9-7-5-3-4-6-8-10-12-14-16-22(2)18-20-24(27)28/h17-22H,3-16H2,1-2H3,(H,25,26)(H,27,28). The SMILES string of the molecule is CC(C=CC(=O)O)CCCCCCCCCCCCCCC(C)C=CC(=O)O. The number of carboxylic acid groups (broad SMARTS) is 2. The topological polar surface area (TPSA) is 74.6 Å². The van der Waals surface area contributed by atoms with Gasteiger partial charge in [0.25, 0.3) is 0 Å². The van der Waals surface area contributed by atoms with E-state index < -0.39 is 11.9 Å². The molecule has 0 aliphatic heterocycles. The average Bonchev–Trinajstić information content (AvgIpc) is 2.64. The molecule has 2 atom stereocenters. The van der Waals surface area contributed by atoms with Gasteiger partial charge in [0.1, 0.15) is 0 Å². The molecular weight excluding hydrogens is 352 g/mol. The van der Waals surface area contributed by atoms with Crippen LogP contribution in [-0.2, 0) is 9.59 Å². The lowest BCUT2D eigenvalue weighted by atomic mass is 10.00. The third kappa shape index (κ3) is 20.7. The fourth-order valence-corrected chi connectivity index (χ4v) is 3.39. The van der Waals surface area contributed by atoms with E-state index in [2.05, 4.69) is 13.8 Å². The quantitative estimate of drug-likeness (QED) is 0.183. The highest BCUT2D eigenvalue weighted by atomic mass is 16.4. The van der Waals surface area contributed by atoms with Gasteiger partial charge >= 0.3 is 11.9 Å². The largest absolute Gasteiger partial charge is 0.478 e. The van der Waals surface area contributed by atoms with Crippen LogP contribution >= 0.6 is 0 Å². The van der Waals surface area contributed by atoms with Crippen LogP contribution in [0.1, 0.15) is 104 Å². The van der Waals surface area contributed by atoms with Crippen LogP contribution in [0.3, 0.4) is 0 Å². The second-order valence-electron chi connectivity index (χ2n) is 8.17. The van der Waals surface area contributed by atoms with Crippen molar-refractivity contribution in [3.8, 4) is 0 Å². The lowest BCUT2D eigenvalue weighted by Crippen LogP contribution is -1.93. The van der Waals surface area contributed by atoms with Gasteiger partial charge in [-0.3, -0.25) is 0 Å². The van der Waals surface area contributed by atoms with Crippen LogP contribution in [-0.4, -0.2) is 22.2 Å². The highest BCUT2D eigenvalue weighted by Gasteiger charge is 2.00. The summed E-state index contributed by atoms with van der Waals surface area (Å²) in [5, 5.41) is 17.2. The van der Waals surface area contributed by atoms with E-state index in [1.807, 2.05) is 0 Å². The van der Waals surface area contributed by atoms with Crippen LogP contribution in [0.15, 0.2) is 24.3 Å². The Kier molecular flexibility index (Phi) is 17.7. The monoisotopic (exact) mass is 394 g/mol. The molecule has 0 fully saturated rings. The molecule has 0 rings (SSSR count). The van der Waals surface area contributed by atoms with Gasteiger partial charge in [-0.05, 0) is 24.7 Å². The van der Waals surface area contributed by atoms with E-state index in [0.717, 1.165) is 12.8 Å². The highest BCUT2D eigenvalue weighted by molar-refractivity contribution is 5.80. The van der Waals surface area contributed by atoms with E-state index in [-0.39, 0.29) is 0 Å². The first-order chi connectivity index (χ1) is 13.4. The van der Waals surface area contributed by atoms with Gasteiger partial charge in [-0.1, -0.05) is 103 Å². The van der Waals surface area contributed by atoms with Crippen molar-refractivity contribution in [2.45, 2.75) is 104 Å². The zero-order valence-electron chi connectivity index (χ0n) is 18.1. The van der Waals surface area contributed by atoms with Gasteiger partial charge in [0.15, 0.2) is 0 Å². The zero-order valence-corrected chi connectivity index (χ0v) is 18.1. The first-order valence-electron chi connectivity index (χ1n) is 11.2. The fraction of sp³-hybridized carbons (Fsp3) is 0.750. The van der Waals surface area contributed by atoms with Gasteiger partial charge in [-0.25, -0.2) is 9.59 Å². The van der Waals surface area contributed by atoms with Crippen molar-refractivity contribution in [2.24, 2.45) is 11.8 Å². The van der Waals surface area contributed by atoms with E-state index in [1.54, 1.807) is 12.2 Å². The second-order valence-corrected chi connectivity index (χ2v) is 8.17. The fourth-order valence-electron chi connectivity index (χ4n) is 3.39. The van der Waals surface area contributed by atoms with Crippen molar-refractivity contribution in [3.05, 3.63) is 24.3 Å². The smallest absolute Gasteiger partial charge is 0.327 e. The maximum atomic E-state index is 10.5. The zero-order chi connectivity index (χ0) is 21.0. The van der Waals surface area contributed by atoms with Crippen molar-refractivity contribution < 1.29 is 19.8 Å². The van der Waals surface area contributed by atoms with Crippen LogP contribution in [0.25, 0.3) is 0 Å². The minimum atomic E-state index is -0.855. The van der Waals surface area contributed by atoms with Crippen molar-refractivity contribution in [1.29, 1.82) is 0 Å². The summed E-state index contributed by atoms with van der Waals surface area (Å²) < 4.78 is 0. The molecule has 0 radical (unpaired) electrons. The minimum absolute atomic E-state index is 0.362. The molecule has 2 N–H and O–H groups in total. The number of rotatable bonds is 19. The number of carbonyl (C=O) groups is 2. The molecule has 0 spiro atoms. The summed E-state index contributed by atoms with van der Waals surface area (Å²) in [5.41, 5.74) is 0. The molecule has 0 aromatic rings. The summed E-state index contributed by atoms with van der Waals surface area (Å²) in [6.07, 6.45) is 23.7. The molecule has 2 unspecified atom stereocenters. The Labute approximate surface area is 172 Å². The summed E-state index contributed by atoms with van der Waals surface area (Å²) >= 11 is 0. The van der Waals surface area contributed by atoms with Crippen LogP contribution in [0.5, 0.6) is 0 Å². The molecule has 0 heterocycles. The Morgan fingerprint density at radius 1 is 0.571 bits per heavy atom. The Balaban J connectivity index is 3.28. The average molecular weight is 395 g/mol. The maximum Gasteiger partial charge on any atom is 0.327 e. The van der Waals surface area contributed by atoms with Crippen LogP contribution in [0, 0.1) is 11.8 Å². The number of hydrogen-bond acceptors (Lipinski definition) is 2.